The van der Waals surface area contributed by atoms with Crippen molar-refractivity contribution in [3.63, 3.8) is 0 Å². The van der Waals surface area contributed by atoms with Crippen LogP contribution in [0, 0.1) is 0 Å². The number of nitrogens with two attached hydrogens (primary N) is 1. The summed E-state index contributed by atoms with van der Waals surface area (Å²) in [5.41, 5.74) is 8.05. The van der Waals surface area contributed by atoms with Gasteiger partial charge in [0.1, 0.15) is 5.69 Å². The Morgan fingerprint density at radius 1 is 1.42 bits per heavy atom. The molecule has 1 aromatic heterocycles. The van der Waals surface area contributed by atoms with E-state index in [9.17, 15) is 4.79 Å². The molecular weight excluding hydrogens is 240 g/mol. The molecule has 19 heavy (non-hydrogen) atoms. The maximum absolute atomic E-state index is 12.4. The predicted molar refractivity (Wildman–Crippen MR) is 74.6 cm³/mol. The fourth-order valence-electron chi connectivity index (χ4n) is 1.98. The highest BCUT2D eigenvalue weighted by Gasteiger charge is 2.21. The van der Waals surface area contributed by atoms with Crippen molar-refractivity contribution in [2.75, 3.05) is 12.8 Å². The van der Waals surface area contributed by atoms with E-state index < -0.39 is 0 Å². The number of amides is 1. The van der Waals surface area contributed by atoms with E-state index in [4.69, 9.17) is 5.73 Å². The standard InChI is InChI=1S/C14H18N4O/c1-10(11-5-4-6-12(15)9-11)17(2)14(19)13-7-8-16-18(13)3/h4-10H,15H2,1-3H3. The van der Waals surface area contributed by atoms with Gasteiger partial charge in [0.2, 0.25) is 0 Å². The molecule has 0 bridgehead atoms. The van der Waals surface area contributed by atoms with Crippen LogP contribution < -0.4 is 5.73 Å². The highest BCUT2D eigenvalue weighted by Crippen LogP contribution is 2.22. The van der Waals surface area contributed by atoms with Crippen molar-refractivity contribution in [2.45, 2.75) is 13.0 Å². The summed E-state index contributed by atoms with van der Waals surface area (Å²) in [7, 11) is 3.54. The zero-order valence-electron chi connectivity index (χ0n) is 11.4. The quantitative estimate of drug-likeness (QED) is 0.854. The molecule has 0 fully saturated rings. The molecule has 1 amide bonds. The van der Waals surface area contributed by atoms with Gasteiger partial charge in [0.25, 0.3) is 5.91 Å². The van der Waals surface area contributed by atoms with Crippen molar-refractivity contribution in [1.29, 1.82) is 0 Å². The predicted octanol–water partition coefficient (Wildman–Crippen LogP) is 1.84. The Morgan fingerprint density at radius 2 is 2.16 bits per heavy atom. The van der Waals surface area contributed by atoms with Gasteiger partial charge in [0.15, 0.2) is 0 Å². The molecule has 1 unspecified atom stereocenters. The van der Waals surface area contributed by atoms with Crippen molar-refractivity contribution in [3.8, 4) is 0 Å². The van der Waals surface area contributed by atoms with Gasteiger partial charge in [0.05, 0.1) is 6.04 Å². The van der Waals surface area contributed by atoms with Crippen molar-refractivity contribution in [3.05, 3.63) is 47.8 Å². The third kappa shape index (κ3) is 2.59. The smallest absolute Gasteiger partial charge is 0.272 e. The molecule has 100 valence electrons. The number of carbonyl (C=O) groups excluding carboxylic acids is 1. The average molecular weight is 258 g/mol. The van der Waals surface area contributed by atoms with Crippen LogP contribution in [0.1, 0.15) is 29.0 Å². The fraction of sp³-hybridized carbons (Fsp3) is 0.286. The van der Waals surface area contributed by atoms with Crippen LogP contribution in [0.2, 0.25) is 0 Å². The topological polar surface area (TPSA) is 64.2 Å². The molecule has 0 aliphatic rings. The number of hydrogen-bond acceptors (Lipinski definition) is 3. The second kappa shape index (κ2) is 5.14. The molecule has 0 saturated carbocycles. The van der Waals surface area contributed by atoms with E-state index in [2.05, 4.69) is 5.10 Å². The van der Waals surface area contributed by atoms with E-state index in [-0.39, 0.29) is 11.9 Å². The number of hydrogen-bond donors (Lipinski definition) is 1. The third-order valence-electron chi connectivity index (χ3n) is 3.33. The summed E-state index contributed by atoms with van der Waals surface area (Å²) < 4.78 is 1.57. The summed E-state index contributed by atoms with van der Waals surface area (Å²) in [4.78, 5) is 14.0. The third-order valence-corrected chi connectivity index (χ3v) is 3.33. The Bertz CT molecular complexity index is 591. The molecule has 0 radical (unpaired) electrons. The summed E-state index contributed by atoms with van der Waals surface area (Å²) >= 11 is 0. The number of aryl methyl sites for hydroxylation is 1. The lowest BCUT2D eigenvalue weighted by molar-refractivity contribution is 0.0731. The molecule has 0 saturated heterocycles. The molecule has 0 aliphatic carbocycles. The van der Waals surface area contributed by atoms with Crippen LogP contribution in [-0.2, 0) is 7.05 Å². The van der Waals surface area contributed by atoms with E-state index in [1.165, 1.54) is 0 Å². The van der Waals surface area contributed by atoms with E-state index in [1.807, 2.05) is 31.2 Å². The van der Waals surface area contributed by atoms with Crippen LogP contribution >= 0.6 is 0 Å². The number of benzene rings is 1. The molecular formula is C14H18N4O. The van der Waals surface area contributed by atoms with E-state index in [1.54, 1.807) is 35.9 Å². The Hall–Kier alpha value is -2.30. The lowest BCUT2D eigenvalue weighted by Gasteiger charge is -2.25. The number of carbonyl (C=O) groups is 1. The normalized spacial score (nSPS) is 12.2. The van der Waals surface area contributed by atoms with Crippen molar-refractivity contribution >= 4 is 11.6 Å². The van der Waals surface area contributed by atoms with Crippen molar-refractivity contribution < 1.29 is 4.79 Å². The molecule has 5 nitrogen and oxygen atoms in total. The van der Waals surface area contributed by atoms with Crippen LogP contribution in [-0.4, -0.2) is 27.6 Å². The van der Waals surface area contributed by atoms with Gasteiger partial charge in [-0.15, -0.1) is 0 Å². The first-order valence-electron chi connectivity index (χ1n) is 6.11. The van der Waals surface area contributed by atoms with Crippen LogP contribution in [0.5, 0.6) is 0 Å². The van der Waals surface area contributed by atoms with Gasteiger partial charge >= 0.3 is 0 Å². The molecule has 1 heterocycles. The molecule has 1 atom stereocenters. The highest BCUT2D eigenvalue weighted by atomic mass is 16.2. The number of nitrogens with zero attached hydrogens (tertiary/aromatic N) is 3. The monoisotopic (exact) mass is 258 g/mol. The Morgan fingerprint density at radius 3 is 2.74 bits per heavy atom. The van der Waals surface area contributed by atoms with E-state index in [0.29, 0.717) is 11.4 Å². The van der Waals surface area contributed by atoms with Gasteiger partial charge in [-0.3, -0.25) is 9.48 Å². The van der Waals surface area contributed by atoms with Gasteiger partial charge < -0.3 is 10.6 Å². The van der Waals surface area contributed by atoms with Crippen LogP contribution in [0.4, 0.5) is 5.69 Å². The van der Waals surface area contributed by atoms with Crippen molar-refractivity contribution in [1.82, 2.24) is 14.7 Å². The van der Waals surface area contributed by atoms with Gasteiger partial charge in [0, 0.05) is 26.0 Å². The lowest BCUT2D eigenvalue weighted by Crippen LogP contribution is -2.31. The maximum atomic E-state index is 12.4. The Labute approximate surface area is 112 Å². The van der Waals surface area contributed by atoms with Crippen LogP contribution in [0.25, 0.3) is 0 Å². The zero-order chi connectivity index (χ0) is 14.0. The number of rotatable bonds is 3. The second-order valence-corrected chi connectivity index (χ2v) is 4.60. The minimum Gasteiger partial charge on any atom is -0.399 e. The second-order valence-electron chi connectivity index (χ2n) is 4.60. The van der Waals surface area contributed by atoms with Crippen LogP contribution in [0.3, 0.4) is 0 Å². The Balaban J connectivity index is 2.22. The summed E-state index contributed by atoms with van der Waals surface area (Å²) in [6.07, 6.45) is 1.62. The van der Waals surface area contributed by atoms with Crippen LogP contribution in [0.15, 0.2) is 36.5 Å². The SMILES string of the molecule is CC(c1cccc(N)c1)N(C)C(=O)c1ccnn1C. The molecule has 2 rings (SSSR count). The largest absolute Gasteiger partial charge is 0.399 e. The molecule has 0 aliphatic heterocycles. The first-order chi connectivity index (χ1) is 9.00. The average Bonchev–Trinajstić information content (AvgIpc) is 2.82. The Kier molecular flexibility index (Phi) is 3.55. The van der Waals surface area contributed by atoms with Gasteiger partial charge in [-0.25, -0.2) is 0 Å². The number of anilines is 1. The van der Waals surface area contributed by atoms with Gasteiger partial charge in [-0.2, -0.15) is 5.10 Å². The van der Waals surface area contributed by atoms with E-state index >= 15 is 0 Å². The highest BCUT2D eigenvalue weighted by molar-refractivity contribution is 5.92. The summed E-state index contributed by atoms with van der Waals surface area (Å²) in [6.45, 7) is 1.98. The first-order valence-corrected chi connectivity index (χ1v) is 6.11. The van der Waals surface area contributed by atoms with Gasteiger partial charge in [-0.1, -0.05) is 12.1 Å². The molecule has 1 aromatic carbocycles. The lowest BCUT2D eigenvalue weighted by atomic mass is 10.1. The molecule has 5 heteroatoms. The van der Waals surface area contributed by atoms with Crippen molar-refractivity contribution in [2.24, 2.45) is 7.05 Å². The minimum absolute atomic E-state index is 0.0501. The maximum Gasteiger partial charge on any atom is 0.272 e. The first kappa shape index (κ1) is 13.1. The molecule has 0 spiro atoms. The molecule has 2 N–H and O–H groups in total. The summed E-state index contributed by atoms with van der Waals surface area (Å²) in [6, 6.07) is 9.24. The zero-order valence-corrected chi connectivity index (χ0v) is 11.4. The summed E-state index contributed by atoms with van der Waals surface area (Å²) in [5, 5.41) is 4.02. The minimum atomic E-state index is -0.0603. The number of nitrogen functional groups attached to an aromatic ring is 1. The fourth-order valence-corrected chi connectivity index (χ4v) is 1.98. The van der Waals surface area contributed by atoms with Gasteiger partial charge in [-0.05, 0) is 30.7 Å². The summed E-state index contributed by atoms with van der Waals surface area (Å²) in [5.74, 6) is -0.0603. The van der Waals surface area contributed by atoms with E-state index in [0.717, 1.165) is 5.56 Å². The molecule has 2 aromatic rings. The number of aromatic nitrogens is 2.